The second-order valence-corrected chi connectivity index (χ2v) is 7.60. The Bertz CT molecular complexity index is 1210. The zero-order valence-corrected chi connectivity index (χ0v) is 17.4. The number of aromatic nitrogens is 1. The highest BCUT2D eigenvalue weighted by molar-refractivity contribution is 5.93. The van der Waals surface area contributed by atoms with Crippen LogP contribution in [0.3, 0.4) is 0 Å². The molecule has 172 valence electrons. The van der Waals surface area contributed by atoms with Crippen molar-refractivity contribution in [3.05, 3.63) is 77.4 Å². The maximum Gasteiger partial charge on any atom is 0.419 e. The molecule has 1 aliphatic rings. The first-order valence-corrected chi connectivity index (χ1v) is 10.2. The van der Waals surface area contributed by atoms with Crippen molar-refractivity contribution in [2.45, 2.75) is 38.2 Å². The van der Waals surface area contributed by atoms with E-state index in [-0.39, 0.29) is 18.5 Å². The summed E-state index contributed by atoms with van der Waals surface area (Å²) in [6.07, 6.45) is -3.55. The molecule has 1 fully saturated rings. The lowest BCUT2D eigenvalue weighted by Crippen LogP contribution is -2.45. The summed E-state index contributed by atoms with van der Waals surface area (Å²) in [5, 5.41) is 4.39. The number of ether oxygens (including phenoxy) is 1. The van der Waals surface area contributed by atoms with Crippen LogP contribution in [0.2, 0.25) is 0 Å². The van der Waals surface area contributed by atoms with Gasteiger partial charge in [-0.15, -0.1) is 0 Å². The van der Waals surface area contributed by atoms with Gasteiger partial charge in [-0.25, -0.2) is 18.9 Å². The van der Waals surface area contributed by atoms with E-state index in [0.717, 1.165) is 33.4 Å². The Morgan fingerprint density at radius 3 is 2.67 bits per heavy atom. The number of pyridine rings is 1. The number of hydrogen-bond donors (Lipinski definition) is 1. The van der Waals surface area contributed by atoms with Crippen LogP contribution in [-0.2, 0) is 17.5 Å². The molecule has 2 atom stereocenters. The average molecular weight is 461 g/mol. The van der Waals surface area contributed by atoms with Gasteiger partial charge < -0.3 is 10.1 Å². The number of hydrogen-bond acceptors (Lipinski definition) is 4. The highest BCUT2D eigenvalue weighted by atomic mass is 19.4. The number of cyclic esters (lactones) is 1. The number of amides is 3. The molecule has 2 heterocycles. The van der Waals surface area contributed by atoms with E-state index in [1.165, 1.54) is 0 Å². The van der Waals surface area contributed by atoms with Gasteiger partial charge in [0.25, 0.3) is 0 Å². The third-order valence-electron chi connectivity index (χ3n) is 5.50. The molecule has 1 aromatic heterocycles. The van der Waals surface area contributed by atoms with Gasteiger partial charge in [-0.2, -0.15) is 13.2 Å². The van der Waals surface area contributed by atoms with Gasteiger partial charge in [0.1, 0.15) is 11.9 Å². The molecule has 0 spiro atoms. The van der Waals surface area contributed by atoms with Gasteiger partial charge in [-0.3, -0.25) is 4.98 Å². The zero-order valence-electron chi connectivity index (χ0n) is 17.4. The standard InChI is InChI=1S/C23H19F4N3O3/c1-2-19-20(14-7-16(23(25,26)27)9-17(24)8-14)33-22(32)30(19)21(31)29-12-15-11-28-10-13-5-3-4-6-18(13)15/h3-11,19-20H,2,12H2,1H3,(H,29,31)/t19-,20+/m0/s1. The predicted octanol–water partition coefficient (Wildman–Crippen LogP) is 5.57. The van der Waals surface area contributed by atoms with Gasteiger partial charge in [0.15, 0.2) is 0 Å². The number of carbonyl (C=O) groups is 2. The quantitative estimate of drug-likeness (QED) is 0.516. The minimum absolute atomic E-state index is 0.0657. The number of nitrogens with one attached hydrogen (secondary N) is 1. The third kappa shape index (κ3) is 4.46. The maximum atomic E-state index is 13.9. The topological polar surface area (TPSA) is 71.5 Å². The highest BCUT2D eigenvalue weighted by Gasteiger charge is 2.46. The number of benzene rings is 2. The molecule has 1 aliphatic heterocycles. The van der Waals surface area contributed by atoms with Crippen LogP contribution in [-0.4, -0.2) is 28.1 Å². The van der Waals surface area contributed by atoms with Crippen molar-refractivity contribution >= 4 is 22.9 Å². The summed E-state index contributed by atoms with van der Waals surface area (Å²) in [6.45, 7) is 1.72. The summed E-state index contributed by atoms with van der Waals surface area (Å²) in [5.74, 6) is -1.11. The van der Waals surface area contributed by atoms with Gasteiger partial charge in [0.05, 0.1) is 11.6 Å². The number of nitrogens with zero attached hydrogens (tertiary/aromatic N) is 2. The van der Waals surface area contributed by atoms with Crippen LogP contribution in [0.1, 0.15) is 36.1 Å². The van der Waals surface area contributed by atoms with E-state index in [2.05, 4.69) is 10.3 Å². The number of halogens is 4. The van der Waals surface area contributed by atoms with Crippen molar-refractivity contribution in [3.63, 3.8) is 0 Å². The van der Waals surface area contributed by atoms with Crippen molar-refractivity contribution < 1.29 is 31.9 Å². The summed E-state index contributed by atoms with van der Waals surface area (Å²) >= 11 is 0. The number of urea groups is 1. The Labute approximate surface area is 186 Å². The largest absolute Gasteiger partial charge is 0.439 e. The Hall–Kier alpha value is -3.69. The average Bonchev–Trinajstić information content (AvgIpc) is 3.12. The lowest BCUT2D eigenvalue weighted by atomic mass is 9.98. The number of alkyl halides is 3. The molecule has 0 unspecified atom stereocenters. The SMILES string of the molecule is CC[C@H]1[C@@H](c2cc(F)cc(C(F)(F)F)c2)OC(=O)N1C(=O)NCc1cncc2ccccc12. The minimum Gasteiger partial charge on any atom is -0.439 e. The van der Waals surface area contributed by atoms with Crippen molar-refractivity contribution in [1.29, 1.82) is 0 Å². The van der Waals surface area contributed by atoms with Crippen LogP contribution in [0.5, 0.6) is 0 Å². The molecule has 2 aromatic carbocycles. The molecule has 3 amide bonds. The molecule has 0 bridgehead atoms. The summed E-state index contributed by atoms with van der Waals surface area (Å²) in [4.78, 5) is 30.3. The number of rotatable bonds is 4. The van der Waals surface area contributed by atoms with Gasteiger partial charge in [-0.05, 0) is 41.1 Å². The number of carbonyl (C=O) groups excluding carboxylic acids is 2. The van der Waals surface area contributed by atoms with E-state index >= 15 is 0 Å². The van der Waals surface area contributed by atoms with Gasteiger partial charge in [0.2, 0.25) is 0 Å². The second-order valence-electron chi connectivity index (χ2n) is 7.60. The van der Waals surface area contributed by atoms with E-state index < -0.39 is 41.8 Å². The van der Waals surface area contributed by atoms with Crippen molar-refractivity contribution in [2.75, 3.05) is 0 Å². The Balaban J connectivity index is 1.56. The van der Waals surface area contributed by atoms with E-state index in [9.17, 15) is 27.2 Å². The van der Waals surface area contributed by atoms with Crippen molar-refractivity contribution in [3.8, 4) is 0 Å². The molecule has 0 radical (unpaired) electrons. The fourth-order valence-corrected chi connectivity index (χ4v) is 3.95. The number of fused-ring (bicyclic) bond motifs is 1. The van der Waals surface area contributed by atoms with Crippen LogP contribution in [0.25, 0.3) is 10.8 Å². The van der Waals surface area contributed by atoms with Gasteiger partial charge in [0, 0.05) is 24.3 Å². The normalized spacial score (nSPS) is 18.5. The Morgan fingerprint density at radius 1 is 1.18 bits per heavy atom. The van der Waals surface area contributed by atoms with Crippen LogP contribution >= 0.6 is 0 Å². The molecule has 4 rings (SSSR count). The Morgan fingerprint density at radius 2 is 1.94 bits per heavy atom. The van der Waals surface area contributed by atoms with E-state index in [4.69, 9.17) is 4.74 Å². The third-order valence-corrected chi connectivity index (χ3v) is 5.50. The minimum atomic E-state index is -4.77. The zero-order chi connectivity index (χ0) is 23.8. The summed E-state index contributed by atoms with van der Waals surface area (Å²) in [7, 11) is 0. The molecular formula is C23H19F4N3O3. The van der Waals surface area contributed by atoms with Crippen LogP contribution in [0.4, 0.5) is 27.2 Å². The fourth-order valence-electron chi connectivity index (χ4n) is 3.95. The first-order chi connectivity index (χ1) is 15.7. The molecule has 33 heavy (non-hydrogen) atoms. The first kappa shape index (κ1) is 22.5. The molecule has 3 aromatic rings. The lowest BCUT2D eigenvalue weighted by Gasteiger charge is -2.23. The molecule has 1 saturated heterocycles. The smallest absolute Gasteiger partial charge is 0.419 e. The first-order valence-electron chi connectivity index (χ1n) is 10.2. The maximum absolute atomic E-state index is 13.9. The van der Waals surface area contributed by atoms with Crippen LogP contribution in [0, 0.1) is 5.82 Å². The summed E-state index contributed by atoms with van der Waals surface area (Å²) in [6, 6.07) is 7.73. The second kappa shape index (κ2) is 8.68. The fraction of sp³-hybridized carbons (Fsp3) is 0.261. The molecule has 6 nitrogen and oxygen atoms in total. The van der Waals surface area contributed by atoms with E-state index in [0.29, 0.717) is 6.07 Å². The van der Waals surface area contributed by atoms with Crippen LogP contribution < -0.4 is 5.32 Å². The monoisotopic (exact) mass is 461 g/mol. The molecular weight excluding hydrogens is 442 g/mol. The van der Waals surface area contributed by atoms with Gasteiger partial charge in [-0.1, -0.05) is 31.2 Å². The van der Waals surface area contributed by atoms with E-state index in [1.807, 2.05) is 24.3 Å². The summed E-state index contributed by atoms with van der Waals surface area (Å²) < 4.78 is 58.4. The molecule has 10 heteroatoms. The molecule has 1 N–H and O–H groups in total. The Kier molecular flexibility index (Phi) is 5.92. The van der Waals surface area contributed by atoms with Crippen molar-refractivity contribution in [2.24, 2.45) is 0 Å². The molecule has 0 saturated carbocycles. The van der Waals surface area contributed by atoms with Crippen LogP contribution in [0.15, 0.2) is 54.9 Å². The predicted molar refractivity (Wildman–Crippen MR) is 111 cm³/mol. The number of imide groups is 1. The van der Waals surface area contributed by atoms with Gasteiger partial charge >= 0.3 is 18.3 Å². The molecule has 0 aliphatic carbocycles. The lowest BCUT2D eigenvalue weighted by molar-refractivity contribution is -0.137. The summed E-state index contributed by atoms with van der Waals surface area (Å²) in [5.41, 5.74) is -0.649. The van der Waals surface area contributed by atoms with Crippen molar-refractivity contribution in [1.82, 2.24) is 15.2 Å². The highest BCUT2D eigenvalue weighted by Crippen LogP contribution is 2.38. The van der Waals surface area contributed by atoms with E-state index in [1.54, 1.807) is 19.3 Å².